The molecule has 4 rings (SSSR count). The number of hydrogen-bond acceptors (Lipinski definition) is 5. The quantitative estimate of drug-likeness (QED) is 0.544. The average molecular weight is 448 g/mol. The number of ether oxygens (including phenoxy) is 1. The Kier molecular flexibility index (Phi) is 5.94. The second kappa shape index (κ2) is 8.63. The minimum absolute atomic E-state index is 0.0348. The van der Waals surface area contributed by atoms with Gasteiger partial charge in [0, 0.05) is 30.5 Å². The van der Waals surface area contributed by atoms with Crippen LogP contribution >= 0.6 is 23.2 Å². The summed E-state index contributed by atoms with van der Waals surface area (Å²) in [4.78, 5) is 28.4. The van der Waals surface area contributed by atoms with Crippen molar-refractivity contribution >= 4 is 34.9 Å². The van der Waals surface area contributed by atoms with Gasteiger partial charge in [-0.05, 0) is 38.0 Å². The fraction of sp³-hybridized carbons (Fsp3) is 0.286. The van der Waals surface area contributed by atoms with Crippen LogP contribution in [0.1, 0.15) is 45.0 Å². The molecule has 9 heteroatoms. The Hall–Kier alpha value is -2.61. The average Bonchev–Trinajstić information content (AvgIpc) is 3.47. The van der Waals surface area contributed by atoms with E-state index in [4.69, 9.17) is 32.5 Å². The Morgan fingerprint density at radius 1 is 1.30 bits per heavy atom. The molecule has 1 aromatic carbocycles. The molecule has 0 spiro atoms. The van der Waals surface area contributed by atoms with Crippen LogP contribution < -0.4 is 5.32 Å². The van der Waals surface area contributed by atoms with Gasteiger partial charge in [0.15, 0.2) is 5.78 Å². The molecule has 0 aliphatic carbocycles. The van der Waals surface area contributed by atoms with Gasteiger partial charge >= 0.3 is 0 Å². The number of nitrogens with one attached hydrogen (secondary N) is 2. The number of benzene rings is 1. The third kappa shape index (κ3) is 4.01. The zero-order valence-corrected chi connectivity index (χ0v) is 17.6. The van der Waals surface area contributed by atoms with Crippen LogP contribution in [0.4, 0.5) is 0 Å². The van der Waals surface area contributed by atoms with Crippen molar-refractivity contribution in [3.8, 4) is 11.3 Å². The van der Waals surface area contributed by atoms with Gasteiger partial charge in [-0.2, -0.15) is 0 Å². The van der Waals surface area contributed by atoms with Crippen molar-refractivity contribution in [3.05, 3.63) is 63.1 Å². The lowest BCUT2D eigenvalue weighted by Crippen LogP contribution is -2.31. The van der Waals surface area contributed by atoms with E-state index >= 15 is 0 Å². The van der Waals surface area contributed by atoms with Crippen molar-refractivity contribution in [2.24, 2.45) is 0 Å². The molecule has 1 fully saturated rings. The highest BCUT2D eigenvalue weighted by Gasteiger charge is 2.27. The molecule has 2 N–H and O–H groups in total. The number of amides is 1. The number of nitrogens with zero attached hydrogens (tertiary/aromatic N) is 1. The van der Waals surface area contributed by atoms with Crippen molar-refractivity contribution in [3.63, 3.8) is 0 Å². The van der Waals surface area contributed by atoms with Gasteiger partial charge < -0.3 is 19.6 Å². The molecule has 156 valence electrons. The highest BCUT2D eigenvalue weighted by atomic mass is 35.5. The number of hydrogen-bond donors (Lipinski definition) is 2. The zero-order chi connectivity index (χ0) is 21.3. The van der Waals surface area contributed by atoms with Gasteiger partial charge in [0.25, 0.3) is 5.91 Å². The fourth-order valence-electron chi connectivity index (χ4n) is 3.44. The maximum Gasteiger partial charge on any atom is 0.267 e. The predicted octanol–water partition coefficient (Wildman–Crippen LogP) is 4.42. The van der Waals surface area contributed by atoms with Crippen molar-refractivity contribution < 1.29 is 18.8 Å². The number of rotatable bonds is 6. The highest BCUT2D eigenvalue weighted by molar-refractivity contribution is 6.39. The van der Waals surface area contributed by atoms with Crippen LogP contribution in [0, 0.1) is 6.92 Å². The maximum atomic E-state index is 13.2. The van der Waals surface area contributed by atoms with Gasteiger partial charge in [-0.3, -0.25) is 9.59 Å². The van der Waals surface area contributed by atoms with Gasteiger partial charge in [0.1, 0.15) is 17.1 Å². The molecule has 1 aliphatic rings. The van der Waals surface area contributed by atoms with Crippen molar-refractivity contribution in [2.45, 2.75) is 25.9 Å². The first-order valence-corrected chi connectivity index (χ1v) is 10.2. The monoisotopic (exact) mass is 447 g/mol. The molecule has 1 saturated heterocycles. The van der Waals surface area contributed by atoms with Crippen LogP contribution in [0.2, 0.25) is 10.0 Å². The molecule has 7 nitrogen and oxygen atoms in total. The third-order valence-corrected chi connectivity index (χ3v) is 5.62. The minimum atomic E-state index is -0.353. The van der Waals surface area contributed by atoms with Gasteiger partial charge in [0.2, 0.25) is 0 Å². The SMILES string of the molecule is Cc1onc(-c2c(Cl)cccc2Cl)c1C(=O)c1c[nH]c(C(=O)NC[C@@H]2CCCO2)c1. The number of aromatic nitrogens is 2. The molecule has 3 aromatic rings. The largest absolute Gasteiger partial charge is 0.376 e. The maximum absolute atomic E-state index is 13.2. The number of carbonyl (C=O) groups excluding carboxylic acids is 2. The number of halogens is 2. The standard InChI is InChI=1S/C21H19Cl2N3O4/c1-11-17(19(26-30-11)18-14(22)5-2-6-15(18)23)20(27)12-8-16(24-9-12)21(28)25-10-13-4-3-7-29-13/h2,5-6,8-9,13,24H,3-4,7,10H2,1H3,(H,25,28)/t13-/m0/s1. The van der Waals surface area contributed by atoms with Crippen LogP contribution in [0.15, 0.2) is 35.0 Å². The summed E-state index contributed by atoms with van der Waals surface area (Å²) in [7, 11) is 0. The second-order valence-corrected chi connectivity index (χ2v) is 7.85. The molecular formula is C21H19Cl2N3O4. The smallest absolute Gasteiger partial charge is 0.267 e. The Bertz CT molecular complexity index is 1080. The van der Waals surface area contributed by atoms with E-state index in [0.29, 0.717) is 33.5 Å². The number of aryl methyl sites for hydroxylation is 1. The predicted molar refractivity (Wildman–Crippen MR) is 112 cm³/mol. The molecule has 30 heavy (non-hydrogen) atoms. The normalized spacial score (nSPS) is 16.0. The summed E-state index contributed by atoms with van der Waals surface area (Å²) in [5.74, 6) is -0.327. The third-order valence-electron chi connectivity index (χ3n) is 4.99. The van der Waals surface area contributed by atoms with Crippen molar-refractivity contribution in [2.75, 3.05) is 13.2 Å². The Morgan fingerprint density at radius 3 is 2.77 bits per heavy atom. The summed E-state index contributed by atoms with van der Waals surface area (Å²) in [6, 6.07) is 6.52. The molecule has 0 saturated carbocycles. The highest BCUT2D eigenvalue weighted by Crippen LogP contribution is 2.37. The van der Waals surface area contributed by atoms with E-state index in [2.05, 4.69) is 15.5 Å². The summed E-state index contributed by atoms with van der Waals surface area (Å²) in [5.41, 5.74) is 1.51. The summed E-state index contributed by atoms with van der Waals surface area (Å²) in [6.07, 6.45) is 3.44. The van der Waals surface area contributed by atoms with Crippen LogP contribution in [0.25, 0.3) is 11.3 Å². The van der Waals surface area contributed by atoms with Crippen molar-refractivity contribution in [1.82, 2.24) is 15.5 Å². The van der Waals surface area contributed by atoms with E-state index < -0.39 is 0 Å². The Labute approximate surface area is 182 Å². The van der Waals surface area contributed by atoms with Gasteiger partial charge in [-0.15, -0.1) is 0 Å². The zero-order valence-electron chi connectivity index (χ0n) is 16.1. The van der Waals surface area contributed by atoms with Gasteiger partial charge in [0.05, 0.1) is 21.7 Å². The molecule has 1 aliphatic heterocycles. The van der Waals surface area contributed by atoms with Crippen LogP contribution in [-0.2, 0) is 4.74 Å². The van der Waals surface area contributed by atoms with E-state index in [0.717, 1.165) is 19.4 Å². The molecule has 1 atom stereocenters. The van der Waals surface area contributed by atoms with E-state index in [1.807, 2.05) is 0 Å². The fourth-order valence-corrected chi connectivity index (χ4v) is 4.02. The first kappa shape index (κ1) is 20.7. The lowest BCUT2D eigenvalue weighted by molar-refractivity contribution is 0.0854. The van der Waals surface area contributed by atoms with Gasteiger partial charge in [-0.1, -0.05) is 34.4 Å². The molecule has 0 radical (unpaired) electrons. The topological polar surface area (TPSA) is 97.2 Å². The Morgan fingerprint density at radius 2 is 2.07 bits per heavy atom. The summed E-state index contributed by atoms with van der Waals surface area (Å²) >= 11 is 12.6. The van der Waals surface area contributed by atoms with E-state index in [1.54, 1.807) is 25.1 Å². The summed E-state index contributed by atoms with van der Waals surface area (Å²) in [5, 5.41) is 7.53. The number of ketones is 1. The molecule has 3 heterocycles. The summed E-state index contributed by atoms with van der Waals surface area (Å²) in [6.45, 7) is 2.79. The first-order chi connectivity index (χ1) is 14.5. The van der Waals surface area contributed by atoms with E-state index in [1.165, 1.54) is 12.3 Å². The van der Waals surface area contributed by atoms with Crippen LogP contribution in [-0.4, -0.2) is 41.1 Å². The molecule has 0 unspecified atom stereocenters. The molecule has 0 bridgehead atoms. The Balaban J connectivity index is 1.57. The minimum Gasteiger partial charge on any atom is -0.376 e. The lowest BCUT2D eigenvalue weighted by atomic mass is 9.99. The number of aromatic amines is 1. The molecule has 2 aromatic heterocycles. The summed E-state index contributed by atoms with van der Waals surface area (Å²) < 4.78 is 10.8. The molecule has 1 amide bonds. The van der Waals surface area contributed by atoms with Crippen LogP contribution in [0.3, 0.4) is 0 Å². The van der Waals surface area contributed by atoms with E-state index in [9.17, 15) is 9.59 Å². The number of carbonyl (C=O) groups is 2. The van der Waals surface area contributed by atoms with Gasteiger partial charge in [-0.25, -0.2) is 0 Å². The van der Waals surface area contributed by atoms with Crippen LogP contribution in [0.5, 0.6) is 0 Å². The lowest BCUT2D eigenvalue weighted by Gasteiger charge is -2.09. The first-order valence-electron chi connectivity index (χ1n) is 9.49. The molecular weight excluding hydrogens is 429 g/mol. The van der Waals surface area contributed by atoms with Crippen molar-refractivity contribution in [1.29, 1.82) is 0 Å². The number of H-pyrrole nitrogens is 1. The second-order valence-electron chi connectivity index (χ2n) is 7.04. The van der Waals surface area contributed by atoms with E-state index in [-0.39, 0.29) is 34.7 Å².